The molecule has 0 unspecified atom stereocenters. The van der Waals surface area contributed by atoms with E-state index in [1.807, 2.05) is 4.90 Å². The Morgan fingerprint density at radius 2 is 1.89 bits per heavy atom. The molecule has 0 saturated heterocycles. The predicted octanol–water partition coefficient (Wildman–Crippen LogP) is 5.54. The molecule has 1 aliphatic rings. The third-order valence-corrected chi connectivity index (χ3v) is 6.83. The molecular formula is C24H16BrClF3N3O3. The van der Waals surface area contributed by atoms with E-state index in [1.54, 1.807) is 18.2 Å². The Labute approximate surface area is 209 Å². The molecule has 3 heterocycles. The minimum absolute atomic E-state index is 0.184. The standard InChI is InChI=1S/C24H16BrClF3N3O3/c25-14-5-6-19-15(9-14)20(26)17(23(34)35-19)11-32-8-7-18-16(10-32)22(33)31-21(30-18)12-1-3-13(4-2-12)24(27,28)29/h1-6,9H,7-8,10-11H2,(H,30,31,33). The van der Waals surface area contributed by atoms with Crippen molar-refractivity contribution in [3.05, 3.63) is 95.1 Å². The number of halogens is 5. The SMILES string of the molecule is O=c1[nH]c(-c2ccc(C(F)(F)F)cc2)nc2c1CN(Cc1c(Cl)c3cc(Br)ccc3oc1=O)CC2. The van der Waals surface area contributed by atoms with Crippen molar-refractivity contribution in [1.82, 2.24) is 14.9 Å². The number of hydrogen-bond acceptors (Lipinski definition) is 5. The number of H-pyrrole nitrogens is 1. The molecule has 0 amide bonds. The van der Waals surface area contributed by atoms with Crippen molar-refractivity contribution in [2.45, 2.75) is 25.7 Å². The van der Waals surface area contributed by atoms with E-state index in [4.69, 9.17) is 16.0 Å². The lowest BCUT2D eigenvalue weighted by molar-refractivity contribution is -0.137. The monoisotopic (exact) mass is 565 g/mol. The minimum atomic E-state index is -4.44. The molecule has 2 aromatic heterocycles. The topological polar surface area (TPSA) is 79.2 Å². The van der Waals surface area contributed by atoms with Crippen LogP contribution in [-0.4, -0.2) is 21.4 Å². The predicted molar refractivity (Wildman–Crippen MR) is 128 cm³/mol. The second-order valence-electron chi connectivity index (χ2n) is 8.20. The van der Waals surface area contributed by atoms with Crippen molar-refractivity contribution in [2.75, 3.05) is 6.54 Å². The Hall–Kier alpha value is -2.95. The molecule has 0 fully saturated rings. The summed E-state index contributed by atoms with van der Waals surface area (Å²) in [7, 11) is 0. The van der Waals surface area contributed by atoms with E-state index in [0.29, 0.717) is 51.3 Å². The highest BCUT2D eigenvalue weighted by atomic mass is 79.9. The fourth-order valence-electron chi connectivity index (χ4n) is 4.10. The maximum Gasteiger partial charge on any atom is 0.416 e. The second-order valence-corrected chi connectivity index (χ2v) is 9.49. The van der Waals surface area contributed by atoms with E-state index in [1.165, 1.54) is 12.1 Å². The number of benzene rings is 2. The molecular weight excluding hydrogens is 551 g/mol. The van der Waals surface area contributed by atoms with E-state index in [-0.39, 0.29) is 24.5 Å². The fraction of sp³-hybridized carbons (Fsp3) is 0.208. The van der Waals surface area contributed by atoms with Crippen LogP contribution < -0.4 is 11.2 Å². The number of rotatable bonds is 3. The van der Waals surface area contributed by atoms with Crippen LogP contribution in [0.5, 0.6) is 0 Å². The Morgan fingerprint density at radius 3 is 2.60 bits per heavy atom. The Balaban J connectivity index is 1.41. The van der Waals surface area contributed by atoms with Crippen LogP contribution in [0.3, 0.4) is 0 Å². The average molecular weight is 567 g/mol. The third kappa shape index (κ3) is 4.65. The summed E-state index contributed by atoms with van der Waals surface area (Å²) >= 11 is 9.92. The smallest absolute Gasteiger partial charge is 0.416 e. The van der Waals surface area contributed by atoms with Gasteiger partial charge in [-0.25, -0.2) is 9.78 Å². The first-order valence-electron chi connectivity index (χ1n) is 10.5. The maximum atomic E-state index is 12.8. The van der Waals surface area contributed by atoms with Gasteiger partial charge in [-0.3, -0.25) is 9.69 Å². The van der Waals surface area contributed by atoms with Crippen molar-refractivity contribution in [3.63, 3.8) is 0 Å². The van der Waals surface area contributed by atoms with Gasteiger partial charge in [0.2, 0.25) is 0 Å². The van der Waals surface area contributed by atoms with Crippen molar-refractivity contribution in [3.8, 4) is 11.4 Å². The first-order chi connectivity index (χ1) is 16.6. The molecule has 6 nitrogen and oxygen atoms in total. The molecule has 11 heteroatoms. The summed E-state index contributed by atoms with van der Waals surface area (Å²) in [6.07, 6.45) is -4.02. The molecule has 0 atom stereocenters. The Kier molecular flexibility index (Phi) is 6.06. The number of fused-ring (bicyclic) bond motifs is 2. The van der Waals surface area contributed by atoms with Crippen LogP contribution in [0.2, 0.25) is 5.02 Å². The molecule has 0 bridgehead atoms. The number of aromatic nitrogens is 2. The summed E-state index contributed by atoms with van der Waals surface area (Å²) in [6, 6.07) is 9.65. The molecule has 1 aliphatic heterocycles. The zero-order valence-electron chi connectivity index (χ0n) is 17.9. The highest BCUT2D eigenvalue weighted by Crippen LogP contribution is 2.31. The van der Waals surface area contributed by atoms with E-state index in [2.05, 4.69) is 25.9 Å². The highest BCUT2D eigenvalue weighted by Gasteiger charge is 2.30. The number of aromatic amines is 1. The zero-order chi connectivity index (χ0) is 24.9. The average Bonchev–Trinajstić information content (AvgIpc) is 2.82. The maximum absolute atomic E-state index is 12.8. The quantitative estimate of drug-likeness (QED) is 0.330. The molecule has 0 saturated carbocycles. The van der Waals surface area contributed by atoms with Gasteiger partial charge in [-0.1, -0.05) is 39.7 Å². The summed E-state index contributed by atoms with van der Waals surface area (Å²) in [5.74, 6) is 0.208. The van der Waals surface area contributed by atoms with Crippen molar-refractivity contribution in [2.24, 2.45) is 0 Å². The summed E-state index contributed by atoms with van der Waals surface area (Å²) in [6.45, 7) is 0.919. The summed E-state index contributed by atoms with van der Waals surface area (Å²) in [5, 5.41) is 0.904. The minimum Gasteiger partial charge on any atom is -0.422 e. The molecule has 4 aromatic rings. The number of hydrogen-bond donors (Lipinski definition) is 1. The van der Waals surface area contributed by atoms with Crippen LogP contribution in [0.1, 0.15) is 22.4 Å². The molecule has 0 aliphatic carbocycles. The largest absolute Gasteiger partial charge is 0.422 e. The van der Waals surface area contributed by atoms with Crippen LogP contribution in [0.25, 0.3) is 22.4 Å². The lowest BCUT2D eigenvalue weighted by Crippen LogP contribution is -2.36. The highest BCUT2D eigenvalue weighted by molar-refractivity contribution is 9.10. The Morgan fingerprint density at radius 1 is 1.14 bits per heavy atom. The summed E-state index contributed by atoms with van der Waals surface area (Å²) in [4.78, 5) is 34.4. The van der Waals surface area contributed by atoms with Crippen LogP contribution in [-0.2, 0) is 25.7 Å². The van der Waals surface area contributed by atoms with Gasteiger partial charge in [-0.2, -0.15) is 13.2 Å². The Bertz CT molecular complexity index is 1570. The van der Waals surface area contributed by atoms with Gasteiger partial charge in [-0.05, 0) is 30.3 Å². The van der Waals surface area contributed by atoms with E-state index in [9.17, 15) is 22.8 Å². The normalized spacial score (nSPS) is 14.3. The number of alkyl halides is 3. The first kappa shape index (κ1) is 23.8. The van der Waals surface area contributed by atoms with E-state index in [0.717, 1.165) is 16.6 Å². The van der Waals surface area contributed by atoms with Gasteiger partial charge in [0.05, 0.1) is 27.4 Å². The first-order valence-corrected chi connectivity index (χ1v) is 11.7. The van der Waals surface area contributed by atoms with Crippen molar-refractivity contribution < 1.29 is 17.6 Å². The van der Waals surface area contributed by atoms with Gasteiger partial charge in [0.25, 0.3) is 5.56 Å². The van der Waals surface area contributed by atoms with Crippen LogP contribution in [0.4, 0.5) is 13.2 Å². The van der Waals surface area contributed by atoms with Gasteiger partial charge in [0.1, 0.15) is 11.4 Å². The van der Waals surface area contributed by atoms with Crippen LogP contribution >= 0.6 is 27.5 Å². The molecule has 35 heavy (non-hydrogen) atoms. The fourth-order valence-corrected chi connectivity index (χ4v) is 4.75. The molecule has 2 aromatic carbocycles. The van der Waals surface area contributed by atoms with Gasteiger partial charge in [0, 0.05) is 41.5 Å². The molecule has 0 radical (unpaired) electrons. The number of nitrogens with one attached hydrogen (secondary N) is 1. The third-order valence-electron chi connectivity index (χ3n) is 5.91. The summed E-state index contributed by atoms with van der Waals surface area (Å²) < 4.78 is 44.7. The molecule has 0 spiro atoms. The summed E-state index contributed by atoms with van der Waals surface area (Å²) in [5.41, 5.74) is 0.374. The molecule has 5 rings (SSSR count). The zero-order valence-corrected chi connectivity index (χ0v) is 20.2. The molecule has 180 valence electrons. The van der Waals surface area contributed by atoms with Crippen molar-refractivity contribution in [1.29, 1.82) is 0 Å². The molecule has 1 N–H and O–H groups in total. The lowest BCUT2D eigenvalue weighted by atomic mass is 10.0. The van der Waals surface area contributed by atoms with Crippen LogP contribution in [0, 0.1) is 0 Å². The van der Waals surface area contributed by atoms with Gasteiger partial charge >= 0.3 is 11.8 Å². The number of nitrogens with zero attached hydrogens (tertiary/aromatic N) is 2. The lowest BCUT2D eigenvalue weighted by Gasteiger charge is -2.27. The van der Waals surface area contributed by atoms with Crippen LogP contribution in [0.15, 0.2) is 60.9 Å². The van der Waals surface area contributed by atoms with Crippen molar-refractivity contribution >= 4 is 38.5 Å². The van der Waals surface area contributed by atoms with Gasteiger partial charge in [0.15, 0.2) is 0 Å². The van der Waals surface area contributed by atoms with Gasteiger partial charge < -0.3 is 9.40 Å². The van der Waals surface area contributed by atoms with Gasteiger partial charge in [-0.15, -0.1) is 0 Å². The van der Waals surface area contributed by atoms with E-state index < -0.39 is 17.4 Å². The van der Waals surface area contributed by atoms with E-state index >= 15 is 0 Å². The second kappa shape index (κ2) is 8.92.